The van der Waals surface area contributed by atoms with Gasteiger partial charge in [0.05, 0.1) is 5.69 Å². The summed E-state index contributed by atoms with van der Waals surface area (Å²) in [6.45, 7) is 5.59. The molecule has 39 heavy (non-hydrogen) atoms. The second-order valence-corrected chi connectivity index (χ2v) is 11.7. The molecule has 1 aliphatic carbocycles. The molecule has 0 radical (unpaired) electrons. The minimum Gasteiger partial charge on any atom is -0.382 e. The highest BCUT2D eigenvalue weighted by molar-refractivity contribution is 7.15. The molecule has 202 valence electrons. The van der Waals surface area contributed by atoms with Crippen molar-refractivity contribution in [1.82, 2.24) is 24.3 Å². The second kappa shape index (κ2) is 10.4. The summed E-state index contributed by atoms with van der Waals surface area (Å²) in [5.74, 6) is 2.03. The summed E-state index contributed by atoms with van der Waals surface area (Å²) >= 11 is 1.58. The van der Waals surface area contributed by atoms with E-state index in [0.717, 1.165) is 66.9 Å². The van der Waals surface area contributed by atoms with E-state index < -0.39 is 0 Å². The van der Waals surface area contributed by atoms with Gasteiger partial charge in [-0.1, -0.05) is 26.0 Å². The molecule has 0 bridgehead atoms. The zero-order valence-electron chi connectivity index (χ0n) is 22.3. The third-order valence-corrected chi connectivity index (χ3v) is 8.91. The van der Waals surface area contributed by atoms with Crippen LogP contribution < -0.4 is 11.1 Å². The average molecular weight is 544 g/mol. The summed E-state index contributed by atoms with van der Waals surface area (Å²) in [7, 11) is 0. The third-order valence-electron chi connectivity index (χ3n) is 7.88. The van der Waals surface area contributed by atoms with Gasteiger partial charge < -0.3 is 10.6 Å². The van der Waals surface area contributed by atoms with Gasteiger partial charge >= 0.3 is 0 Å². The Labute approximate surface area is 231 Å². The number of rotatable bonds is 5. The van der Waals surface area contributed by atoms with Gasteiger partial charge in [0.1, 0.15) is 22.9 Å². The van der Waals surface area contributed by atoms with E-state index >= 15 is 0 Å². The number of aromatic nitrogens is 4. The molecule has 2 aliphatic rings. The molecule has 6 rings (SSSR count). The summed E-state index contributed by atoms with van der Waals surface area (Å²) in [6, 6.07) is 7.41. The van der Waals surface area contributed by atoms with Crippen LogP contribution in [0.25, 0.3) is 16.8 Å². The lowest BCUT2D eigenvalue weighted by molar-refractivity contribution is -0.132. The number of likely N-dealkylation sites (tertiary alicyclic amines) is 1. The number of carbonyl (C=O) groups excluding carboxylic acids is 2. The predicted molar refractivity (Wildman–Crippen MR) is 153 cm³/mol. The average Bonchev–Trinajstić information content (AvgIpc) is 3.54. The highest BCUT2D eigenvalue weighted by atomic mass is 32.1. The summed E-state index contributed by atoms with van der Waals surface area (Å²) in [4.78, 5) is 42.6. The molecule has 4 heterocycles. The third kappa shape index (κ3) is 4.89. The number of imidazole rings is 1. The molecule has 2 unspecified atom stereocenters. The van der Waals surface area contributed by atoms with Crippen LogP contribution in [0.2, 0.25) is 0 Å². The van der Waals surface area contributed by atoms with Gasteiger partial charge in [0.15, 0.2) is 5.13 Å². The van der Waals surface area contributed by atoms with E-state index in [1.165, 1.54) is 4.88 Å². The molecule has 0 saturated carbocycles. The van der Waals surface area contributed by atoms with Gasteiger partial charge in [-0.2, -0.15) is 0 Å². The van der Waals surface area contributed by atoms with Crippen LogP contribution in [0.4, 0.5) is 10.9 Å². The number of fused-ring (bicyclic) bond motifs is 2. The Balaban J connectivity index is 1.26. The molecule has 1 fully saturated rings. The van der Waals surface area contributed by atoms with Gasteiger partial charge in [-0.25, -0.2) is 15.0 Å². The molecule has 1 saturated heterocycles. The normalized spacial score (nSPS) is 19.2. The molecule has 4 aromatic rings. The zero-order valence-corrected chi connectivity index (χ0v) is 23.1. The number of hydrogen-bond acceptors (Lipinski definition) is 7. The van der Waals surface area contributed by atoms with Crippen LogP contribution in [0, 0.1) is 5.92 Å². The number of nitrogens with zero attached hydrogens (tertiary/aromatic N) is 5. The van der Waals surface area contributed by atoms with E-state index in [0.29, 0.717) is 35.4 Å². The lowest BCUT2D eigenvalue weighted by Crippen LogP contribution is -2.39. The van der Waals surface area contributed by atoms with Crippen LogP contribution in [0.15, 0.2) is 36.7 Å². The van der Waals surface area contributed by atoms with E-state index in [1.54, 1.807) is 29.7 Å². The molecule has 9 nitrogen and oxygen atoms in total. The number of piperidine rings is 1. The topological polar surface area (TPSA) is 119 Å². The Morgan fingerprint density at radius 2 is 2.00 bits per heavy atom. The summed E-state index contributed by atoms with van der Waals surface area (Å²) in [6.07, 6.45) is 9.10. The van der Waals surface area contributed by atoms with E-state index in [9.17, 15) is 9.59 Å². The minimum absolute atomic E-state index is 0.106. The molecular weight excluding hydrogens is 510 g/mol. The number of nitrogens with two attached hydrogens (primary N) is 1. The first-order valence-corrected chi connectivity index (χ1v) is 14.5. The lowest BCUT2D eigenvalue weighted by atomic mass is 9.93. The highest BCUT2D eigenvalue weighted by Crippen LogP contribution is 2.35. The molecule has 1 aliphatic heterocycles. The first kappa shape index (κ1) is 25.5. The van der Waals surface area contributed by atoms with Gasteiger partial charge in [0, 0.05) is 53.8 Å². The first-order chi connectivity index (χ1) is 18.9. The van der Waals surface area contributed by atoms with Crippen LogP contribution in [-0.2, 0) is 17.6 Å². The predicted octanol–water partition coefficient (Wildman–Crippen LogP) is 4.93. The Morgan fingerprint density at radius 3 is 2.79 bits per heavy atom. The van der Waals surface area contributed by atoms with Gasteiger partial charge in [0.25, 0.3) is 5.91 Å². The Morgan fingerprint density at radius 1 is 1.18 bits per heavy atom. The molecular formula is C29H33N7O2S. The van der Waals surface area contributed by atoms with Crippen LogP contribution in [0.1, 0.15) is 72.2 Å². The number of amides is 2. The highest BCUT2D eigenvalue weighted by Gasteiger charge is 2.29. The van der Waals surface area contributed by atoms with Crippen molar-refractivity contribution in [1.29, 1.82) is 0 Å². The SMILES string of the molecule is CCC(=O)N1CCCC(c2nc(-c3ccc(C(=O)Nc4nc5c(s4)CC(C)CC5)cc3)c3c(N)nccn23)C1. The van der Waals surface area contributed by atoms with Gasteiger partial charge in [-0.15, -0.1) is 11.3 Å². The standard InChI is InChI=1S/C29H33N7O2S/c1-3-23(37)35-13-4-5-20(16-35)27-33-24(25-26(30)31-12-14-36(25)27)18-7-9-19(10-8-18)28(38)34-29-32-21-11-6-17(2)15-22(21)39-29/h7-10,12,14,17,20H,3-6,11,13,15-16H2,1-2H3,(H2,30,31)(H,32,34,38). The van der Waals surface area contributed by atoms with Crippen LogP contribution >= 0.6 is 11.3 Å². The van der Waals surface area contributed by atoms with Crippen molar-refractivity contribution in [3.05, 3.63) is 58.6 Å². The molecule has 3 N–H and O–H groups in total. The molecule has 3 aromatic heterocycles. The van der Waals surface area contributed by atoms with E-state index in [-0.39, 0.29) is 17.7 Å². The number of hydrogen-bond donors (Lipinski definition) is 2. The fraction of sp³-hybridized carbons (Fsp3) is 0.414. The molecule has 1 aromatic carbocycles. The first-order valence-electron chi connectivity index (χ1n) is 13.7. The van der Waals surface area contributed by atoms with Crippen molar-refractivity contribution in [2.45, 2.75) is 58.3 Å². The number of aryl methyl sites for hydroxylation is 1. The lowest BCUT2D eigenvalue weighted by Gasteiger charge is -2.32. The monoisotopic (exact) mass is 543 g/mol. The number of nitrogen functional groups attached to an aromatic ring is 1. The van der Waals surface area contributed by atoms with Gasteiger partial charge in [-0.3, -0.25) is 19.3 Å². The van der Waals surface area contributed by atoms with E-state index in [2.05, 4.69) is 22.2 Å². The number of thiazole rings is 1. The molecule has 0 spiro atoms. The summed E-state index contributed by atoms with van der Waals surface area (Å²) in [5, 5.41) is 3.64. The van der Waals surface area contributed by atoms with Crippen LogP contribution in [0.5, 0.6) is 0 Å². The van der Waals surface area contributed by atoms with Crippen LogP contribution in [0.3, 0.4) is 0 Å². The van der Waals surface area contributed by atoms with Crippen LogP contribution in [-0.4, -0.2) is 49.2 Å². The van der Waals surface area contributed by atoms with Gasteiger partial charge in [-0.05, 0) is 50.2 Å². The maximum Gasteiger partial charge on any atom is 0.257 e. The quantitative estimate of drug-likeness (QED) is 0.369. The van der Waals surface area contributed by atoms with Crippen molar-refractivity contribution >= 4 is 39.6 Å². The van der Waals surface area contributed by atoms with Crippen molar-refractivity contribution in [2.75, 3.05) is 24.1 Å². The largest absolute Gasteiger partial charge is 0.382 e. The Kier molecular flexibility index (Phi) is 6.80. The Bertz CT molecular complexity index is 1540. The van der Waals surface area contributed by atoms with Crippen molar-refractivity contribution < 1.29 is 9.59 Å². The number of nitrogens with one attached hydrogen (secondary N) is 1. The van der Waals surface area contributed by atoms with E-state index in [1.807, 2.05) is 34.6 Å². The van der Waals surface area contributed by atoms with Crippen molar-refractivity contribution in [3.8, 4) is 11.3 Å². The van der Waals surface area contributed by atoms with Crippen molar-refractivity contribution in [2.24, 2.45) is 5.92 Å². The smallest absolute Gasteiger partial charge is 0.257 e. The molecule has 10 heteroatoms. The number of benzene rings is 1. The molecule has 2 amide bonds. The fourth-order valence-corrected chi connectivity index (χ4v) is 6.92. The number of anilines is 2. The molecule has 2 atom stereocenters. The van der Waals surface area contributed by atoms with Crippen molar-refractivity contribution in [3.63, 3.8) is 0 Å². The maximum absolute atomic E-state index is 13.0. The number of carbonyl (C=O) groups is 2. The second-order valence-electron chi connectivity index (χ2n) is 10.7. The van der Waals surface area contributed by atoms with E-state index in [4.69, 9.17) is 10.7 Å². The minimum atomic E-state index is -0.180. The summed E-state index contributed by atoms with van der Waals surface area (Å²) in [5.41, 5.74) is 10.3. The summed E-state index contributed by atoms with van der Waals surface area (Å²) < 4.78 is 2.01. The maximum atomic E-state index is 13.0. The fourth-order valence-electron chi connectivity index (χ4n) is 5.76. The zero-order chi connectivity index (χ0) is 27.1. The Hall–Kier alpha value is -3.79. The van der Waals surface area contributed by atoms with Gasteiger partial charge in [0.2, 0.25) is 5.91 Å².